The molecular formula is C11H18N2O. The minimum absolute atomic E-state index is 0.280. The van der Waals surface area contributed by atoms with Crippen molar-refractivity contribution in [2.45, 2.75) is 26.5 Å². The normalized spacial score (nSPS) is 13.2. The van der Waals surface area contributed by atoms with Gasteiger partial charge in [0.05, 0.1) is 6.10 Å². The van der Waals surface area contributed by atoms with Crippen molar-refractivity contribution < 1.29 is 5.11 Å². The fourth-order valence-corrected chi connectivity index (χ4v) is 1.53. The molecular weight excluding hydrogens is 176 g/mol. The van der Waals surface area contributed by atoms with Crippen LogP contribution < -0.4 is 0 Å². The summed E-state index contributed by atoms with van der Waals surface area (Å²) in [5.74, 6) is 0. The van der Waals surface area contributed by atoms with Gasteiger partial charge in [0, 0.05) is 25.5 Å². The molecule has 0 aliphatic rings. The number of pyridine rings is 1. The maximum atomic E-state index is 9.20. The zero-order chi connectivity index (χ0) is 10.6. The maximum Gasteiger partial charge on any atom is 0.0639 e. The molecule has 1 heterocycles. The van der Waals surface area contributed by atoms with Crippen LogP contribution in [0.2, 0.25) is 0 Å². The molecule has 0 fully saturated rings. The van der Waals surface area contributed by atoms with Crippen molar-refractivity contribution >= 4 is 0 Å². The van der Waals surface area contributed by atoms with Gasteiger partial charge in [0.1, 0.15) is 0 Å². The van der Waals surface area contributed by atoms with Gasteiger partial charge in [-0.25, -0.2) is 0 Å². The third-order valence-electron chi connectivity index (χ3n) is 1.96. The van der Waals surface area contributed by atoms with E-state index >= 15 is 0 Å². The molecule has 0 radical (unpaired) electrons. The summed E-state index contributed by atoms with van der Waals surface area (Å²) in [6, 6.07) is 2.12. The van der Waals surface area contributed by atoms with Crippen LogP contribution in [0.1, 0.15) is 18.1 Å². The number of hydrogen-bond acceptors (Lipinski definition) is 3. The van der Waals surface area contributed by atoms with Crippen LogP contribution in [0.3, 0.4) is 0 Å². The van der Waals surface area contributed by atoms with E-state index in [1.165, 1.54) is 11.1 Å². The molecule has 1 aromatic heterocycles. The molecule has 0 aliphatic carbocycles. The molecule has 3 heteroatoms. The highest BCUT2D eigenvalue weighted by Gasteiger charge is 2.03. The summed E-state index contributed by atoms with van der Waals surface area (Å²) in [7, 11) is 2.00. The average molecular weight is 194 g/mol. The molecule has 0 aromatic carbocycles. The number of nitrogens with zero attached hydrogens (tertiary/aromatic N) is 2. The summed E-state index contributed by atoms with van der Waals surface area (Å²) >= 11 is 0. The molecule has 0 aliphatic heterocycles. The topological polar surface area (TPSA) is 36.4 Å². The van der Waals surface area contributed by atoms with E-state index in [0.29, 0.717) is 6.54 Å². The lowest BCUT2D eigenvalue weighted by molar-refractivity contribution is 0.138. The lowest BCUT2D eigenvalue weighted by atomic mass is 10.2. The number of aliphatic hydroxyl groups excluding tert-OH is 1. The highest BCUT2D eigenvalue weighted by atomic mass is 16.3. The number of rotatable bonds is 4. The monoisotopic (exact) mass is 194 g/mol. The Morgan fingerprint density at radius 3 is 2.79 bits per heavy atom. The Morgan fingerprint density at radius 1 is 1.50 bits per heavy atom. The van der Waals surface area contributed by atoms with E-state index < -0.39 is 0 Å². The van der Waals surface area contributed by atoms with Crippen LogP contribution in [-0.4, -0.2) is 34.7 Å². The number of aromatic nitrogens is 1. The molecule has 0 amide bonds. The highest BCUT2D eigenvalue weighted by Crippen LogP contribution is 2.04. The third kappa shape index (κ3) is 3.85. The van der Waals surface area contributed by atoms with Gasteiger partial charge in [0.25, 0.3) is 0 Å². The van der Waals surface area contributed by atoms with Gasteiger partial charge in [0.2, 0.25) is 0 Å². The van der Waals surface area contributed by atoms with E-state index in [2.05, 4.69) is 16.0 Å². The van der Waals surface area contributed by atoms with Crippen molar-refractivity contribution in [3.8, 4) is 0 Å². The van der Waals surface area contributed by atoms with Crippen molar-refractivity contribution in [1.82, 2.24) is 9.88 Å². The molecule has 1 unspecified atom stereocenters. The Labute approximate surface area is 85.4 Å². The predicted molar refractivity (Wildman–Crippen MR) is 57.0 cm³/mol. The van der Waals surface area contributed by atoms with E-state index in [1.54, 1.807) is 6.92 Å². The second-order valence-electron chi connectivity index (χ2n) is 3.92. The molecule has 1 N–H and O–H groups in total. The van der Waals surface area contributed by atoms with Crippen LogP contribution in [-0.2, 0) is 6.54 Å². The molecule has 1 rings (SSSR count). The highest BCUT2D eigenvalue weighted by molar-refractivity contribution is 5.16. The van der Waals surface area contributed by atoms with Crippen LogP contribution in [0.4, 0.5) is 0 Å². The van der Waals surface area contributed by atoms with Gasteiger partial charge in [-0.2, -0.15) is 0 Å². The standard InChI is InChI=1S/C11H18N2O/c1-9-4-11(6-12-5-9)8-13(3)7-10(2)14/h4-6,10,14H,7-8H2,1-3H3. The Bertz CT molecular complexity index is 286. The van der Waals surface area contributed by atoms with Gasteiger partial charge in [0.15, 0.2) is 0 Å². The number of aliphatic hydroxyl groups is 1. The summed E-state index contributed by atoms with van der Waals surface area (Å²) in [6.07, 6.45) is 3.43. The summed E-state index contributed by atoms with van der Waals surface area (Å²) in [5, 5.41) is 9.20. The van der Waals surface area contributed by atoms with Gasteiger partial charge >= 0.3 is 0 Å². The molecule has 0 bridgehead atoms. The number of aryl methyl sites for hydroxylation is 1. The molecule has 14 heavy (non-hydrogen) atoms. The van der Waals surface area contributed by atoms with Crippen LogP contribution in [0, 0.1) is 6.92 Å². The number of hydrogen-bond donors (Lipinski definition) is 1. The van der Waals surface area contributed by atoms with E-state index in [0.717, 1.165) is 6.54 Å². The van der Waals surface area contributed by atoms with E-state index in [-0.39, 0.29) is 6.10 Å². The van der Waals surface area contributed by atoms with Crippen molar-refractivity contribution in [3.05, 3.63) is 29.6 Å². The van der Waals surface area contributed by atoms with Crippen LogP contribution >= 0.6 is 0 Å². The lowest BCUT2D eigenvalue weighted by Gasteiger charge is -2.18. The molecule has 0 saturated carbocycles. The predicted octanol–water partition coefficient (Wildman–Crippen LogP) is 1.20. The van der Waals surface area contributed by atoms with E-state index in [4.69, 9.17) is 0 Å². The summed E-state index contributed by atoms with van der Waals surface area (Å²) < 4.78 is 0. The Kier molecular flexibility index (Phi) is 4.04. The first-order valence-electron chi connectivity index (χ1n) is 4.85. The quantitative estimate of drug-likeness (QED) is 0.782. The van der Waals surface area contributed by atoms with Gasteiger partial charge in [-0.05, 0) is 32.0 Å². The smallest absolute Gasteiger partial charge is 0.0639 e. The molecule has 78 valence electrons. The van der Waals surface area contributed by atoms with Crippen molar-refractivity contribution in [3.63, 3.8) is 0 Å². The Hall–Kier alpha value is -0.930. The summed E-state index contributed by atoms with van der Waals surface area (Å²) in [6.45, 7) is 5.35. The van der Waals surface area contributed by atoms with Gasteiger partial charge in [-0.3, -0.25) is 9.88 Å². The second kappa shape index (κ2) is 5.08. The summed E-state index contributed by atoms with van der Waals surface area (Å²) in [4.78, 5) is 6.21. The first kappa shape index (κ1) is 11.1. The van der Waals surface area contributed by atoms with Gasteiger partial charge in [-0.1, -0.05) is 6.07 Å². The third-order valence-corrected chi connectivity index (χ3v) is 1.96. The maximum absolute atomic E-state index is 9.20. The fraction of sp³-hybridized carbons (Fsp3) is 0.545. The molecule has 1 aromatic rings. The average Bonchev–Trinajstić information content (AvgIpc) is 2.01. The van der Waals surface area contributed by atoms with Crippen LogP contribution in [0.25, 0.3) is 0 Å². The minimum atomic E-state index is -0.280. The molecule has 3 nitrogen and oxygen atoms in total. The first-order valence-corrected chi connectivity index (χ1v) is 4.85. The zero-order valence-electron chi connectivity index (χ0n) is 9.07. The summed E-state index contributed by atoms with van der Waals surface area (Å²) in [5.41, 5.74) is 2.36. The van der Waals surface area contributed by atoms with E-state index in [9.17, 15) is 5.11 Å². The second-order valence-corrected chi connectivity index (χ2v) is 3.92. The Morgan fingerprint density at radius 2 is 2.21 bits per heavy atom. The van der Waals surface area contributed by atoms with Gasteiger partial charge < -0.3 is 5.11 Å². The van der Waals surface area contributed by atoms with Gasteiger partial charge in [-0.15, -0.1) is 0 Å². The largest absolute Gasteiger partial charge is 0.392 e. The van der Waals surface area contributed by atoms with Crippen LogP contribution in [0.5, 0.6) is 0 Å². The first-order chi connectivity index (χ1) is 6.58. The van der Waals surface area contributed by atoms with Crippen molar-refractivity contribution in [2.75, 3.05) is 13.6 Å². The molecule has 1 atom stereocenters. The fourth-order valence-electron chi connectivity index (χ4n) is 1.53. The van der Waals surface area contributed by atoms with Crippen molar-refractivity contribution in [2.24, 2.45) is 0 Å². The zero-order valence-corrected chi connectivity index (χ0v) is 9.07. The van der Waals surface area contributed by atoms with Crippen molar-refractivity contribution in [1.29, 1.82) is 0 Å². The minimum Gasteiger partial charge on any atom is -0.392 e. The molecule has 0 saturated heterocycles. The van der Waals surface area contributed by atoms with E-state index in [1.807, 2.05) is 26.4 Å². The lowest BCUT2D eigenvalue weighted by Crippen LogP contribution is -2.26. The number of likely N-dealkylation sites (N-methyl/N-ethyl adjacent to an activating group) is 1. The SMILES string of the molecule is Cc1cncc(CN(C)CC(C)O)c1. The Balaban J connectivity index is 2.51. The molecule has 0 spiro atoms. The van der Waals surface area contributed by atoms with Crippen LogP contribution in [0.15, 0.2) is 18.5 Å².